The van der Waals surface area contributed by atoms with Crippen LogP contribution in [0.4, 0.5) is 0 Å². The average Bonchev–Trinajstić information content (AvgIpc) is 2.65. The van der Waals surface area contributed by atoms with Crippen molar-refractivity contribution in [2.24, 2.45) is 5.92 Å². The van der Waals surface area contributed by atoms with Crippen molar-refractivity contribution >= 4 is 11.8 Å². The number of carbonyl (C=O) groups is 2. The van der Waals surface area contributed by atoms with Crippen LogP contribution in [-0.4, -0.2) is 50.6 Å². The van der Waals surface area contributed by atoms with Gasteiger partial charge in [0.25, 0.3) is 5.91 Å². The first-order chi connectivity index (χ1) is 11.6. The zero-order valence-corrected chi connectivity index (χ0v) is 14.2. The van der Waals surface area contributed by atoms with Crippen LogP contribution in [0.2, 0.25) is 0 Å². The van der Waals surface area contributed by atoms with E-state index < -0.39 is 0 Å². The summed E-state index contributed by atoms with van der Waals surface area (Å²) in [4.78, 5) is 26.4. The van der Waals surface area contributed by atoms with Crippen LogP contribution in [0.15, 0.2) is 30.9 Å². The van der Waals surface area contributed by atoms with Crippen LogP contribution in [0.25, 0.3) is 0 Å². The van der Waals surface area contributed by atoms with Gasteiger partial charge in [-0.15, -0.1) is 6.58 Å². The van der Waals surface area contributed by atoms with Gasteiger partial charge >= 0.3 is 0 Å². The van der Waals surface area contributed by atoms with Crippen LogP contribution < -0.4 is 14.8 Å². The molecule has 1 aliphatic heterocycles. The molecule has 0 unspecified atom stereocenters. The van der Waals surface area contributed by atoms with E-state index in [2.05, 4.69) is 11.9 Å². The van der Waals surface area contributed by atoms with Crippen LogP contribution in [0, 0.1) is 5.92 Å². The van der Waals surface area contributed by atoms with Crippen molar-refractivity contribution in [3.05, 3.63) is 36.4 Å². The molecule has 1 N–H and O–H groups in total. The maximum atomic E-state index is 12.7. The van der Waals surface area contributed by atoms with Crippen LogP contribution in [0.3, 0.4) is 0 Å². The van der Waals surface area contributed by atoms with Gasteiger partial charge in [-0.3, -0.25) is 9.59 Å². The molecule has 0 aliphatic carbocycles. The number of rotatable bonds is 6. The number of hydrogen-bond acceptors (Lipinski definition) is 4. The first kappa shape index (κ1) is 17.8. The number of piperidine rings is 1. The maximum absolute atomic E-state index is 12.7. The summed E-state index contributed by atoms with van der Waals surface area (Å²) in [5.74, 6) is 1.07. The predicted molar refractivity (Wildman–Crippen MR) is 91.4 cm³/mol. The van der Waals surface area contributed by atoms with E-state index in [0.29, 0.717) is 49.5 Å². The minimum Gasteiger partial charge on any atom is -0.497 e. The standard InChI is InChI=1S/C18H24N2O4/c1-4-7-19-17(21)13-5-8-20(9-6-13)18(22)14-10-15(23-2)12-16(11-14)24-3/h4,10-13H,1,5-9H2,2-3H3,(H,19,21). The summed E-state index contributed by atoms with van der Waals surface area (Å²) in [6, 6.07) is 5.13. The van der Waals surface area contributed by atoms with Crippen LogP contribution in [-0.2, 0) is 4.79 Å². The quantitative estimate of drug-likeness (QED) is 0.808. The van der Waals surface area contributed by atoms with Crippen molar-refractivity contribution < 1.29 is 19.1 Å². The van der Waals surface area contributed by atoms with E-state index in [4.69, 9.17) is 9.47 Å². The van der Waals surface area contributed by atoms with E-state index >= 15 is 0 Å². The van der Waals surface area contributed by atoms with Crippen molar-refractivity contribution in [3.8, 4) is 11.5 Å². The molecule has 1 aliphatic rings. The second kappa shape index (κ2) is 8.38. The first-order valence-electron chi connectivity index (χ1n) is 8.00. The van der Waals surface area contributed by atoms with E-state index in [0.717, 1.165) is 0 Å². The zero-order valence-electron chi connectivity index (χ0n) is 14.2. The number of nitrogens with zero attached hydrogens (tertiary/aromatic N) is 1. The van der Waals surface area contributed by atoms with Crippen molar-refractivity contribution in [1.82, 2.24) is 10.2 Å². The molecule has 1 heterocycles. The van der Waals surface area contributed by atoms with Gasteiger partial charge < -0.3 is 19.7 Å². The first-order valence-corrected chi connectivity index (χ1v) is 8.00. The van der Waals surface area contributed by atoms with Crippen molar-refractivity contribution in [2.45, 2.75) is 12.8 Å². The number of hydrogen-bond donors (Lipinski definition) is 1. The molecule has 0 aromatic heterocycles. The van der Waals surface area contributed by atoms with E-state index in [-0.39, 0.29) is 17.7 Å². The number of nitrogens with one attached hydrogen (secondary N) is 1. The smallest absolute Gasteiger partial charge is 0.254 e. The Labute approximate surface area is 142 Å². The third-order valence-corrected chi connectivity index (χ3v) is 4.17. The Balaban J connectivity index is 2.00. The normalized spacial score (nSPS) is 14.8. The van der Waals surface area contributed by atoms with Gasteiger partial charge in [0.05, 0.1) is 14.2 Å². The molecule has 1 fully saturated rings. The Kier molecular flexibility index (Phi) is 6.23. The highest BCUT2D eigenvalue weighted by molar-refractivity contribution is 5.95. The fraction of sp³-hybridized carbons (Fsp3) is 0.444. The monoisotopic (exact) mass is 332 g/mol. The summed E-state index contributed by atoms with van der Waals surface area (Å²) < 4.78 is 10.4. The largest absolute Gasteiger partial charge is 0.497 e. The minimum absolute atomic E-state index is 0.0325. The molecule has 0 spiro atoms. The fourth-order valence-electron chi connectivity index (χ4n) is 2.78. The number of methoxy groups -OCH3 is 2. The summed E-state index contributed by atoms with van der Waals surface area (Å²) in [6.45, 7) is 5.18. The van der Waals surface area contributed by atoms with Gasteiger partial charge in [-0.25, -0.2) is 0 Å². The topological polar surface area (TPSA) is 67.9 Å². The molecular weight excluding hydrogens is 308 g/mol. The number of likely N-dealkylation sites (tertiary alicyclic amines) is 1. The van der Waals surface area contributed by atoms with Gasteiger partial charge in [0.15, 0.2) is 0 Å². The highest BCUT2D eigenvalue weighted by atomic mass is 16.5. The van der Waals surface area contributed by atoms with Crippen molar-refractivity contribution in [1.29, 1.82) is 0 Å². The lowest BCUT2D eigenvalue weighted by atomic mass is 9.95. The Morgan fingerprint density at radius 3 is 2.29 bits per heavy atom. The van der Waals surface area contributed by atoms with Gasteiger partial charge in [-0.2, -0.15) is 0 Å². The summed E-state index contributed by atoms with van der Waals surface area (Å²) in [6.07, 6.45) is 2.98. The fourth-order valence-corrected chi connectivity index (χ4v) is 2.78. The lowest BCUT2D eigenvalue weighted by Gasteiger charge is -2.31. The predicted octanol–water partition coefficient (Wildman–Crippen LogP) is 1.86. The Morgan fingerprint density at radius 1 is 1.21 bits per heavy atom. The van der Waals surface area contributed by atoms with E-state index in [1.807, 2.05) is 0 Å². The number of carbonyl (C=O) groups excluding carboxylic acids is 2. The average molecular weight is 332 g/mol. The summed E-state index contributed by atoms with van der Waals surface area (Å²) in [5, 5.41) is 2.81. The molecular formula is C18H24N2O4. The number of ether oxygens (including phenoxy) is 2. The Bertz CT molecular complexity index is 585. The summed E-state index contributed by atoms with van der Waals surface area (Å²) in [7, 11) is 3.10. The Hall–Kier alpha value is -2.50. The number of amides is 2. The molecule has 6 nitrogen and oxygen atoms in total. The van der Waals surface area contributed by atoms with E-state index in [1.54, 1.807) is 43.4 Å². The van der Waals surface area contributed by atoms with Gasteiger partial charge in [0.1, 0.15) is 11.5 Å². The third kappa shape index (κ3) is 4.28. The third-order valence-electron chi connectivity index (χ3n) is 4.17. The second-order valence-corrected chi connectivity index (χ2v) is 5.70. The van der Waals surface area contributed by atoms with Gasteiger partial charge in [0.2, 0.25) is 5.91 Å². The van der Waals surface area contributed by atoms with Crippen LogP contribution in [0.5, 0.6) is 11.5 Å². The molecule has 0 saturated carbocycles. The van der Waals surface area contributed by atoms with Crippen molar-refractivity contribution in [2.75, 3.05) is 33.9 Å². The second-order valence-electron chi connectivity index (χ2n) is 5.70. The number of benzene rings is 1. The lowest BCUT2D eigenvalue weighted by molar-refractivity contribution is -0.126. The minimum atomic E-state index is -0.0721. The molecule has 2 amide bonds. The van der Waals surface area contributed by atoms with Gasteiger partial charge in [0, 0.05) is 37.2 Å². The molecule has 1 saturated heterocycles. The van der Waals surface area contributed by atoms with Crippen LogP contribution in [0.1, 0.15) is 23.2 Å². The van der Waals surface area contributed by atoms with Gasteiger partial charge in [-0.1, -0.05) is 6.08 Å². The molecule has 1 aromatic carbocycles. The summed E-state index contributed by atoms with van der Waals surface area (Å²) in [5.41, 5.74) is 0.528. The molecule has 0 bridgehead atoms. The summed E-state index contributed by atoms with van der Waals surface area (Å²) >= 11 is 0. The molecule has 0 radical (unpaired) electrons. The molecule has 24 heavy (non-hydrogen) atoms. The highest BCUT2D eigenvalue weighted by Gasteiger charge is 2.27. The van der Waals surface area contributed by atoms with Crippen molar-refractivity contribution in [3.63, 3.8) is 0 Å². The Morgan fingerprint density at radius 2 is 1.79 bits per heavy atom. The molecule has 6 heteroatoms. The maximum Gasteiger partial charge on any atom is 0.254 e. The van der Waals surface area contributed by atoms with Crippen LogP contribution >= 0.6 is 0 Å². The molecule has 130 valence electrons. The lowest BCUT2D eigenvalue weighted by Crippen LogP contribution is -2.43. The zero-order chi connectivity index (χ0) is 17.5. The van der Waals surface area contributed by atoms with E-state index in [9.17, 15) is 9.59 Å². The SMILES string of the molecule is C=CCNC(=O)C1CCN(C(=O)c2cc(OC)cc(OC)c2)CC1. The molecule has 1 aromatic rings. The molecule has 0 atom stereocenters. The van der Waals surface area contributed by atoms with Gasteiger partial charge in [-0.05, 0) is 25.0 Å². The van der Waals surface area contributed by atoms with E-state index in [1.165, 1.54) is 0 Å². The molecule has 2 rings (SSSR count). The highest BCUT2D eigenvalue weighted by Crippen LogP contribution is 2.25.